The molecule has 1 fully saturated rings. The molecule has 0 radical (unpaired) electrons. The predicted molar refractivity (Wildman–Crippen MR) is 169 cm³/mol. The third-order valence-electron chi connectivity index (χ3n) is 8.51. The fourth-order valence-electron chi connectivity index (χ4n) is 6.07. The Morgan fingerprint density at radius 2 is 1.76 bits per heavy atom. The maximum atomic E-state index is 13.4. The molecule has 0 bridgehead atoms. The zero-order chi connectivity index (χ0) is 32.2. The summed E-state index contributed by atoms with van der Waals surface area (Å²) in [5.74, 6) is 1.34. The van der Waals surface area contributed by atoms with E-state index in [1.807, 2.05) is 36.5 Å². The Balaban J connectivity index is 1.35. The van der Waals surface area contributed by atoms with Gasteiger partial charge in [0.2, 0.25) is 0 Å². The van der Waals surface area contributed by atoms with Crippen molar-refractivity contribution in [1.82, 2.24) is 29.3 Å². The first-order valence-electron chi connectivity index (χ1n) is 14.7. The van der Waals surface area contributed by atoms with Crippen LogP contribution in [0.4, 0.5) is 19.0 Å². The van der Waals surface area contributed by atoms with Crippen molar-refractivity contribution in [3.8, 4) is 5.69 Å². The second-order valence-electron chi connectivity index (χ2n) is 11.8. The fourth-order valence-corrected chi connectivity index (χ4v) is 6.37. The van der Waals surface area contributed by atoms with Crippen molar-refractivity contribution in [2.24, 2.45) is 13.0 Å². The normalized spacial score (nSPS) is 15.2. The van der Waals surface area contributed by atoms with Crippen molar-refractivity contribution >= 4 is 28.3 Å². The maximum absolute atomic E-state index is 13.4. The number of nitrogens with zero attached hydrogens (tertiary/aromatic N) is 7. The largest absolute Gasteiger partial charge is 0.417 e. The van der Waals surface area contributed by atoms with Gasteiger partial charge in [-0.1, -0.05) is 36.7 Å². The summed E-state index contributed by atoms with van der Waals surface area (Å²) in [5.41, 5.74) is 1.29. The van der Waals surface area contributed by atoms with E-state index in [-0.39, 0.29) is 5.69 Å². The zero-order valence-electron chi connectivity index (χ0n) is 24.9. The number of fused-ring (bicyclic) bond motifs is 1. The molecule has 0 amide bonds. The van der Waals surface area contributed by atoms with E-state index in [0.29, 0.717) is 39.5 Å². The zero-order valence-corrected chi connectivity index (χ0v) is 25.7. The van der Waals surface area contributed by atoms with E-state index in [1.54, 1.807) is 40.7 Å². The van der Waals surface area contributed by atoms with E-state index in [1.165, 1.54) is 18.6 Å². The van der Waals surface area contributed by atoms with Crippen molar-refractivity contribution in [1.29, 1.82) is 0 Å². The highest BCUT2D eigenvalue weighted by molar-refractivity contribution is 6.36. The summed E-state index contributed by atoms with van der Waals surface area (Å²) in [4.78, 5) is 15.5. The number of pyridine rings is 2. The molecule has 1 unspecified atom stereocenters. The molecule has 1 aliphatic heterocycles. The van der Waals surface area contributed by atoms with Crippen LogP contribution in [0.5, 0.6) is 0 Å². The highest BCUT2D eigenvalue weighted by atomic mass is 35.5. The minimum atomic E-state index is -4.57. The Bertz CT molecular complexity index is 2020. The van der Waals surface area contributed by atoms with E-state index < -0.39 is 17.3 Å². The summed E-state index contributed by atoms with van der Waals surface area (Å²) in [5, 5.41) is 17.8. The van der Waals surface area contributed by atoms with Gasteiger partial charge in [-0.15, -0.1) is 0 Å². The number of hydrogen-bond acceptors (Lipinski definition) is 6. The number of anilines is 1. The van der Waals surface area contributed by atoms with Crippen LogP contribution in [0.15, 0.2) is 91.8 Å². The number of halogens is 4. The van der Waals surface area contributed by atoms with E-state index in [2.05, 4.69) is 26.9 Å². The van der Waals surface area contributed by atoms with Crippen LogP contribution in [-0.2, 0) is 25.2 Å². The predicted octanol–water partition coefficient (Wildman–Crippen LogP) is 6.55. The van der Waals surface area contributed by atoms with E-state index in [4.69, 9.17) is 16.6 Å². The molecule has 1 atom stereocenters. The van der Waals surface area contributed by atoms with Gasteiger partial charge in [0, 0.05) is 56.1 Å². The van der Waals surface area contributed by atoms with Crippen LogP contribution < -0.4 is 4.90 Å². The van der Waals surface area contributed by atoms with Crippen LogP contribution >= 0.6 is 11.6 Å². The van der Waals surface area contributed by atoms with Gasteiger partial charge >= 0.3 is 6.18 Å². The van der Waals surface area contributed by atoms with Crippen LogP contribution in [0.3, 0.4) is 0 Å². The number of hydrogen-bond donors (Lipinski definition) is 1. The quantitative estimate of drug-likeness (QED) is 0.212. The Kier molecular flexibility index (Phi) is 7.32. The molecule has 12 heteroatoms. The lowest BCUT2D eigenvalue weighted by atomic mass is 9.85. The number of alkyl halides is 3. The minimum absolute atomic E-state index is 0.0104. The van der Waals surface area contributed by atoms with Crippen LogP contribution in [0.1, 0.15) is 40.6 Å². The highest BCUT2D eigenvalue weighted by Gasteiger charge is 2.40. The third kappa shape index (κ3) is 5.19. The number of aryl methyl sites for hydroxylation is 1. The minimum Gasteiger partial charge on any atom is -0.373 e. The molecular weight excluding hydrogens is 615 g/mol. The molecule has 1 saturated heterocycles. The second-order valence-corrected chi connectivity index (χ2v) is 12.2. The fraction of sp³-hybridized carbons (Fsp3) is 0.235. The maximum Gasteiger partial charge on any atom is 0.417 e. The Labute approximate surface area is 267 Å². The van der Waals surface area contributed by atoms with Gasteiger partial charge in [-0.25, -0.2) is 14.6 Å². The average molecular weight is 644 g/mol. The molecule has 1 aliphatic rings. The van der Waals surface area contributed by atoms with Crippen LogP contribution in [0, 0.1) is 5.92 Å². The van der Waals surface area contributed by atoms with Crippen molar-refractivity contribution in [2.45, 2.75) is 25.1 Å². The summed E-state index contributed by atoms with van der Waals surface area (Å²) in [6.07, 6.45) is 3.26. The van der Waals surface area contributed by atoms with Gasteiger partial charge in [-0.3, -0.25) is 4.98 Å². The van der Waals surface area contributed by atoms with Crippen molar-refractivity contribution in [3.63, 3.8) is 0 Å². The molecule has 2 aromatic carbocycles. The Morgan fingerprint density at radius 1 is 1.00 bits per heavy atom. The lowest BCUT2D eigenvalue weighted by Crippen LogP contribution is -2.46. The van der Waals surface area contributed by atoms with E-state index in [9.17, 15) is 18.3 Å². The van der Waals surface area contributed by atoms with Crippen LogP contribution in [-0.4, -0.2) is 47.5 Å². The second kappa shape index (κ2) is 11.3. The first kappa shape index (κ1) is 29.9. The molecule has 5 heterocycles. The van der Waals surface area contributed by atoms with Crippen LogP contribution in [0.25, 0.3) is 16.6 Å². The summed E-state index contributed by atoms with van der Waals surface area (Å²) in [6.45, 7) is 3.91. The van der Waals surface area contributed by atoms with Gasteiger partial charge in [-0.05, 0) is 59.5 Å². The van der Waals surface area contributed by atoms with Crippen molar-refractivity contribution < 1.29 is 18.3 Å². The van der Waals surface area contributed by atoms with E-state index >= 15 is 0 Å². The summed E-state index contributed by atoms with van der Waals surface area (Å²) >= 11 is 7.25. The number of aliphatic hydroxyl groups is 1. The van der Waals surface area contributed by atoms with Gasteiger partial charge in [0.25, 0.3) is 0 Å². The van der Waals surface area contributed by atoms with Gasteiger partial charge in [-0.2, -0.15) is 18.3 Å². The first-order valence-corrected chi connectivity index (χ1v) is 15.1. The number of benzene rings is 2. The Hall–Kier alpha value is -4.74. The average Bonchev–Trinajstić information content (AvgIpc) is 3.73. The monoisotopic (exact) mass is 643 g/mol. The molecule has 7 rings (SSSR count). The molecule has 1 N–H and O–H groups in total. The molecule has 0 saturated carbocycles. The SMILES string of the molecule is CC1CN(c2nc3ccc(C(O)(c4ccc(C(F)(F)F)cn4)c4cncn4C)cc3c(Cl)c2Cc2ccc(-n3cccn3)cc2)C1. The third-order valence-corrected chi connectivity index (χ3v) is 8.94. The van der Waals surface area contributed by atoms with Crippen LogP contribution in [0.2, 0.25) is 5.02 Å². The molecule has 234 valence electrons. The summed E-state index contributed by atoms with van der Waals surface area (Å²) in [7, 11) is 1.70. The smallest absolute Gasteiger partial charge is 0.373 e. The van der Waals surface area contributed by atoms with Gasteiger partial charge in [0.15, 0.2) is 5.60 Å². The first-order chi connectivity index (χ1) is 22.0. The number of aromatic nitrogens is 6. The van der Waals surface area contributed by atoms with Gasteiger partial charge < -0.3 is 14.6 Å². The number of imidazole rings is 1. The molecular formula is C34H29ClF3N7O. The lowest BCUT2D eigenvalue weighted by Gasteiger charge is -2.39. The molecule has 0 aliphatic carbocycles. The van der Waals surface area contributed by atoms with Gasteiger partial charge in [0.05, 0.1) is 45.7 Å². The van der Waals surface area contributed by atoms with Crippen molar-refractivity contribution in [2.75, 3.05) is 18.0 Å². The van der Waals surface area contributed by atoms with Gasteiger partial charge in [0.1, 0.15) is 5.82 Å². The van der Waals surface area contributed by atoms with E-state index in [0.717, 1.165) is 48.0 Å². The molecule has 6 aromatic rings. The summed E-state index contributed by atoms with van der Waals surface area (Å²) in [6, 6.07) is 17.3. The topological polar surface area (TPSA) is 84.9 Å². The lowest BCUT2D eigenvalue weighted by molar-refractivity contribution is -0.137. The number of rotatable bonds is 7. The Morgan fingerprint density at radius 3 is 2.37 bits per heavy atom. The van der Waals surface area contributed by atoms with Crippen molar-refractivity contribution in [3.05, 3.63) is 130 Å². The highest BCUT2D eigenvalue weighted by Crippen LogP contribution is 2.42. The summed E-state index contributed by atoms with van der Waals surface area (Å²) < 4.78 is 43.5. The molecule has 0 spiro atoms. The molecule has 46 heavy (non-hydrogen) atoms. The molecule has 8 nitrogen and oxygen atoms in total. The molecule has 4 aromatic heterocycles. The standard InChI is InChI=1S/C34H29ClF3N7O/c1-21-18-44(19-21)32-27(14-22-4-8-25(9-5-22)45-13-3-12-41-45)31(35)26-15-23(6-10-28(26)42-32)33(46,30-17-39-20-43(30)2)29-11-7-24(16-40-29)34(36,37)38/h3-13,15-17,20-21,46H,14,18-19H2,1-2H3.